The Kier molecular flexibility index (Phi) is 3.19. The lowest BCUT2D eigenvalue weighted by atomic mass is 10.2. The summed E-state index contributed by atoms with van der Waals surface area (Å²) in [5.41, 5.74) is 4.10. The zero-order chi connectivity index (χ0) is 16.1. The minimum atomic E-state index is -4.60. The van der Waals surface area contributed by atoms with E-state index in [9.17, 15) is 22.4 Å². The second-order valence-electron chi connectivity index (χ2n) is 5.17. The molecule has 1 aliphatic rings. The highest BCUT2D eigenvalue weighted by Crippen LogP contribution is 2.43. The number of amides is 1. The second-order valence-corrected chi connectivity index (χ2v) is 5.17. The van der Waals surface area contributed by atoms with Gasteiger partial charge in [-0.15, -0.1) is 0 Å². The molecule has 0 bridgehead atoms. The summed E-state index contributed by atoms with van der Waals surface area (Å²) in [5.74, 6) is -1.72. The lowest BCUT2D eigenvalue weighted by Gasteiger charge is -2.08. The van der Waals surface area contributed by atoms with Gasteiger partial charge in [-0.05, 0) is 37.1 Å². The number of hydrogen-bond acceptors (Lipinski definition) is 2. The molecule has 0 radical (unpaired) electrons. The highest BCUT2D eigenvalue weighted by atomic mass is 19.4. The van der Waals surface area contributed by atoms with Crippen LogP contribution in [0.1, 0.15) is 40.5 Å². The molecule has 116 valence electrons. The van der Waals surface area contributed by atoms with E-state index in [2.05, 4.69) is 5.10 Å². The molecule has 8 heteroatoms. The van der Waals surface area contributed by atoms with Gasteiger partial charge in [0.25, 0.3) is 0 Å². The summed E-state index contributed by atoms with van der Waals surface area (Å²) in [6.07, 6.45) is -3.12. The maximum atomic E-state index is 14.1. The van der Waals surface area contributed by atoms with Crippen molar-refractivity contribution in [1.82, 2.24) is 9.78 Å². The molecule has 1 fully saturated rings. The minimum Gasteiger partial charge on any atom is -0.366 e. The molecule has 0 saturated heterocycles. The summed E-state index contributed by atoms with van der Waals surface area (Å²) in [4.78, 5) is 11.0. The van der Waals surface area contributed by atoms with Crippen molar-refractivity contribution in [2.24, 2.45) is 5.73 Å². The fourth-order valence-corrected chi connectivity index (χ4v) is 2.23. The van der Waals surface area contributed by atoms with Crippen LogP contribution in [-0.4, -0.2) is 15.7 Å². The third kappa shape index (κ3) is 2.56. The van der Waals surface area contributed by atoms with E-state index in [4.69, 9.17) is 5.73 Å². The third-order valence-corrected chi connectivity index (χ3v) is 3.48. The summed E-state index contributed by atoms with van der Waals surface area (Å²) in [6.45, 7) is 0. The standard InChI is InChI=1S/C14H11F4N3O/c15-9-5-8(13(19)22)3-4-10(9)21-11(7-1-2-7)6-12(20-21)14(16,17)18/h3-7H,1-2H2,(H2,19,22). The molecule has 2 aromatic rings. The van der Waals surface area contributed by atoms with Crippen LogP contribution in [-0.2, 0) is 6.18 Å². The van der Waals surface area contributed by atoms with E-state index in [0.29, 0.717) is 5.69 Å². The maximum Gasteiger partial charge on any atom is 0.435 e. The molecule has 2 N–H and O–H groups in total. The summed E-state index contributed by atoms with van der Waals surface area (Å²) in [5, 5.41) is 3.48. The van der Waals surface area contributed by atoms with E-state index in [1.165, 1.54) is 12.1 Å². The van der Waals surface area contributed by atoms with Crippen LogP contribution in [0.2, 0.25) is 0 Å². The van der Waals surface area contributed by atoms with Crippen molar-refractivity contribution in [1.29, 1.82) is 0 Å². The van der Waals surface area contributed by atoms with E-state index in [-0.39, 0.29) is 17.2 Å². The fourth-order valence-electron chi connectivity index (χ4n) is 2.23. The van der Waals surface area contributed by atoms with Crippen LogP contribution in [0.4, 0.5) is 17.6 Å². The molecule has 4 nitrogen and oxygen atoms in total. The van der Waals surface area contributed by atoms with Crippen molar-refractivity contribution >= 4 is 5.91 Å². The van der Waals surface area contributed by atoms with Crippen LogP contribution >= 0.6 is 0 Å². The van der Waals surface area contributed by atoms with Gasteiger partial charge >= 0.3 is 6.18 Å². The molecular weight excluding hydrogens is 302 g/mol. The first kappa shape index (κ1) is 14.6. The van der Waals surface area contributed by atoms with Gasteiger partial charge in [0.2, 0.25) is 5.91 Å². The SMILES string of the molecule is NC(=O)c1ccc(-n2nc(C(F)(F)F)cc2C2CC2)c(F)c1. The van der Waals surface area contributed by atoms with Crippen molar-refractivity contribution in [3.05, 3.63) is 47.0 Å². The monoisotopic (exact) mass is 313 g/mol. The Bertz CT molecular complexity index is 747. The second kappa shape index (κ2) is 4.82. The topological polar surface area (TPSA) is 60.9 Å². The predicted molar refractivity (Wildman–Crippen MR) is 69.0 cm³/mol. The van der Waals surface area contributed by atoms with Gasteiger partial charge in [0.05, 0.1) is 0 Å². The maximum absolute atomic E-state index is 14.1. The van der Waals surface area contributed by atoms with Gasteiger partial charge in [0, 0.05) is 17.2 Å². The van der Waals surface area contributed by atoms with Crippen molar-refractivity contribution in [2.75, 3.05) is 0 Å². The van der Waals surface area contributed by atoms with Crippen LogP contribution in [0.5, 0.6) is 0 Å². The smallest absolute Gasteiger partial charge is 0.366 e. The minimum absolute atomic E-state index is 0.0567. The van der Waals surface area contributed by atoms with Crippen LogP contribution in [0.15, 0.2) is 24.3 Å². The van der Waals surface area contributed by atoms with E-state index < -0.39 is 23.6 Å². The zero-order valence-corrected chi connectivity index (χ0v) is 11.2. The Morgan fingerprint density at radius 1 is 1.27 bits per heavy atom. The Hall–Kier alpha value is -2.38. The summed E-state index contributed by atoms with van der Waals surface area (Å²) in [6, 6.07) is 4.29. The van der Waals surface area contributed by atoms with Crippen LogP contribution < -0.4 is 5.73 Å². The third-order valence-electron chi connectivity index (χ3n) is 3.48. The van der Waals surface area contributed by atoms with Gasteiger partial charge < -0.3 is 5.73 Å². The van der Waals surface area contributed by atoms with Gasteiger partial charge in [0.15, 0.2) is 5.69 Å². The normalized spacial score (nSPS) is 15.1. The molecule has 0 spiro atoms. The molecule has 1 aliphatic carbocycles. The van der Waals surface area contributed by atoms with Crippen molar-refractivity contribution < 1.29 is 22.4 Å². The first-order chi connectivity index (χ1) is 10.3. The summed E-state index contributed by atoms with van der Waals surface area (Å²) < 4.78 is 53.5. The number of carbonyl (C=O) groups is 1. The van der Waals surface area contributed by atoms with E-state index in [1.807, 2.05) is 0 Å². The Morgan fingerprint density at radius 3 is 2.45 bits per heavy atom. The number of nitrogens with two attached hydrogens (primary N) is 1. The molecule has 22 heavy (non-hydrogen) atoms. The molecule has 0 atom stereocenters. The number of benzene rings is 1. The Labute approximate surface area is 122 Å². The number of nitrogens with zero attached hydrogens (tertiary/aromatic N) is 2. The van der Waals surface area contributed by atoms with Crippen LogP contribution in [0.3, 0.4) is 0 Å². The van der Waals surface area contributed by atoms with Gasteiger partial charge in [0.1, 0.15) is 11.5 Å². The molecule has 3 rings (SSSR count). The number of alkyl halides is 3. The Balaban J connectivity index is 2.11. The number of rotatable bonds is 3. The molecule has 1 aromatic carbocycles. The number of hydrogen-bond donors (Lipinski definition) is 1. The lowest BCUT2D eigenvalue weighted by molar-refractivity contribution is -0.141. The first-order valence-electron chi connectivity index (χ1n) is 6.54. The number of halogens is 4. The first-order valence-corrected chi connectivity index (χ1v) is 6.54. The van der Waals surface area contributed by atoms with Crippen molar-refractivity contribution in [2.45, 2.75) is 24.9 Å². The average molecular weight is 313 g/mol. The average Bonchev–Trinajstić information content (AvgIpc) is 3.16. The van der Waals surface area contributed by atoms with Gasteiger partial charge in [-0.1, -0.05) is 0 Å². The molecule has 0 unspecified atom stereocenters. The van der Waals surface area contributed by atoms with E-state index in [0.717, 1.165) is 29.7 Å². The molecule has 1 amide bonds. The highest BCUT2D eigenvalue weighted by Gasteiger charge is 2.38. The molecule has 1 heterocycles. The quantitative estimate of drug-likeness (QED) is 0.886. The molecular formula is C14H11F4N3O. The van der Waals surface area contributed by atoms with Gasteiger partial charge in [-0.2, -0.15) is 18.3 Å². The zero-order valence-electron chi connectivity index (χ0n) is 11.2. The summed E-state index contributed by atoms with van der Waals surface area (Å²) >= 11 is 0. The molecule has 0 aliphatic heterocycles. The van der Waals surface area contributed by atoms with Crippen LogP contribution in [0.25, 0.3) is 5.69 Å². The number of primary amides is 1. The fraction of sp³-hybridized carbons (Fsp3) is 0.286. The van der Waals surface area contributed by atoms with E-state index >= 15 is 0 Å². The number of aromatic nitrogens is 2. The predicted octanol–water partition coefficient (Wildman–Crippen LogP) is 3.01. The lowest BCUT2D eigenvalue weighted by Crippen LogP contribution is -2.13. The van der Waals surface area contributed by atoms with E-state index in [1.54, 1.807) is 0 Å². The van der Waals surface area contributed by atoms with Crippen molar-refractivity contribution in [3.8, 4) is 5.69 Å². The molecule has 1 aromatic heterocycles. The number of carbonyl (C=O) groups excluding carboxylic acids is 1. The van der Waals surface area contributed by atoms with Gasteiger partial charge in [-0.25, -0.2) is 9.07 Å². The van der Waals surface area contributed by atoms with Crippen LogP contribution in [0, 0.1) is 5.82 Å². The molecule has 1 saturated carbocycles. The van der Waals surface area contributed by atoms with Gasteiger partial charge in [-0.3, -0.25) is 4.79 Å². The van der Waals surface area contributed by atoms with Crippen molar-refractivity contribution in [3.63, 3.8) is 0 Å². The Morgan fingerprint density at radius 2 is 1.95 bits per heavy atom. The summed E-state index contributed by atoms with van der Waals surface area (Å²) in [7, 11) is 0. The highest BCUT2D eigenvalue weighted by molar-refractivity contribution is 5.92. The largest absolute Gasteiger partial charge is 0.435 e.